The van der Waals surface area contributed by atoms with E-state index in [9.17, 15) is 4.79 Å². The van der Waals surface area contributed by atoms with Gasteiger partial charge in [-0.15, -0.1) is 5.10 Å². The standard InChI is InChI=1S/C14H18N6O2/c1-3-10(21)20-6-4-9(5-7-20)22-14-11-12(15)16-8-17-13(11)19(2)18-14/h3,8-9H,1,4-7H2,2H3,(H2,15,16,17). The number of likely N-dealkylation sites (tertiary alicyclic amines) is 1. The van der Waals surface area contributed by atoms with Gasteiger partial charge in [-0.05, 0) is 6.08 Å². The van der Waals surface area contributed by atoms with Crippen LogP contribution in [0.3, 0.4) is 0 Å². The Hall–Kier alpha value is -2.64. The van der Waals surface area contributed by atoms with Crippen molar-refractivity contribution in [2.45, 2.75) is 18.9 Å². The number of carbonyl (C=O) groups excluding carboxylic acids is 1. The number of nitrogens with two attached hydrogens (primary N) is 1. The lowest BCUT2D eigenvalue weighted by molar-refractivity contribution is -0.127. The number of hydrogen-bond acceptors (Lipinski definition) is 6. The van der Waals surface area contributed by atoms with Crippen LogP contribution in [0.2, 0.25) is 0 Å². The number of amides is 1. The van der Waals surface area contributed by atoms with Gasteiger partial charge in [-0.25, -0.2) is 14.6 Å². The van der Waals surface area contributed by atoms with Gasteiger partial charge in [0.15, 0.2) is 5.65 Å². The second-order valence-electron chi connectivity index (χ2n) is 5.23. The quantitative estimate of drug-likeness (QED) is 0.829. The van der Waals surface area contributed by atoms with E-state index in [1.807, 2.05) is 0 Å². The van der Waals surface area contributed by atoms with Crippen molar-refractivity contribution in [1.82, 2.24) is 24.6 Å². The molecule has 0 unspecified atom stereocenters. The molecule has 22 heavy (non-hydrogen) atoms. The number of aromatic nitrogens is 4. The molecule has 0 spiro atoms. The van der Waals surface area contributed by atoms with E-state index in [1.54, 1.807) is 16.6 Å². The summed E-state index contributed by atoms with van der Waals surface area (Å²) in [6, 6.07) is 0. The van der Waals surface area contributed by atoms with Crippen molar-refractivity contribution in [2.75, 3.05) is 18.8 Å². The summed E-state index contributed by atoms with van der Waals surface area (Å²) in [6.07, 6.45) is 4.22. The summed E-state index contributed by atoms with van der Waals surface area (Å²) in [7, 11) is 1.78. The molecule has 2 aromatic heterocycles. The minimum atomic E-state index is -0.0422. The van der Waals surface area contributed by atoms with Crippen LogP contribution in [0.15, 0.2) is 19.0 Å². The molecule has 1 saturated heterocycles. The highest BCUT2D eigenvalue weighted by Crippen LogP contribution is 2.29. The Bertz CT molecular complexity index is 717. The number of aryl methyl sites for hydroxylation is 1. The summed E-state index contributed by atoms with van der Waals surface area (Å²) < 4.78 is 7.60. The number of carbonyl (C=O) groups is 1. The molecule has 3 heterocycles. The predicted octanol–water partition coefficient (Wildman–Crippen LogP) is 0.501. The largest absolute Gasteiger partial charge is 0.473 e. The summed E-state index contributed by atoms with van der Waals surface area (Å²) in [4.78, 5) is 21.5. The van der Waals surface area contributed by atoms with Crippen LogP contribution in [0, 0.1) is 0 Å². The maximum atomic E-state index is 11.6. The van der Waals surface area contributed by atoms with Gasteiger partial charge in [0.05, 0.1) is 0 Å². The molecule has 0 aliphatic carbocycles. The molecule has 1 aliphatic heterocycles. The zero-order chi connectivity index (χ0) is 15.7. The Morgan fingerprint density at radius 1 is 1.45 bits per heavy atom. The van der Waals surface area contributed by atoms with E-state index in [2.05, 4.69) is 21.6 Å². The van der Waals surface area contributed by atoms with E-state index < -0.39 is 0 Å². The van der Waals surface area contributed by atoms with Crippen molar-refractivity contribution < 1.29 is 9.53 Å². The van der Waals surface area contributed by atoms with E-state index in [0.29, 0.717) is 35.8 Å². The third kappa shape index (κ3) is 2.47. The third-order valence-corrected chi connectivity index (χ3v) is 3.82. The first kappa shape index (κ1) is 14.3. The number of nitrogen functional groups attached to an aromatic ring is 1. The van der Waals surface area contributed by atoms with E-state index in [0.717, 1.165) is 12.8 Å². The van der Waals surface area contributed by atoms with Crippen LogP contribution in [-0.4, -0.2) is 49.7 Å². The first-order valence-electron chi connectivity index (χ1n) is 7.11. The molecule has 0 atom stereocenters. The fourth-order valence-corrected chi connectivity index (χ4v) is 2.64. The van der Waals surface area contributed by atoms with Crippen LogP contribution < -0.4 is 10.5 Å². The summed E-state index contributed by atoms with van der Waals surface area (Å²) in [5.74, 6) is 0.760. The average molecular weight is 302 g/mol. The number of ether oxygens (including phenoxy) is 1. The summed E-state index contributed by atoms with van der Waals surface area (Å²) >= 11 is 0. The Kier molecular flexibility index (Phi) is 3.66. The maximum absolute atomic E-state index is 11.6. The molecule has 1 amide bonds. The molecule has 1 fully saturated rings. The van der Waals surface area contributed by atoms with Crippen molar-refractivity contribution in [3.05, 3.63) is 19.0 Å². The Balaban J connectivity index is 1.75. The van der Waals surface area contributed by atoms with Crippen molar-refractivity contribution in [2.24, 2.45) is 7.05 Å². The normalized spacial score (nSPS) is 16.0. The van der Waals surface area contributed by atoms with Crippen molar-refractivity contribution >= 4 is 22.8 Å². The highest BCUT2D eigenvalue weighted by molar-refractivity contribution is 5.90. The van der Waals surface area contributed by atoms with Gasteiger partial charge in [0.1, 0.15) is 23.6 Å². The molecule has 3 rings (SSSR count). The first-order valence-corrected chi connectivity index (χ1v) is 7.11. The molecule has 2 N–H and O–H groups in total. The van der Waals surface area contributed by atoms with E-state index in [-0.39, 0.29) is 12.0 Å². The minimum Gasteiger partial charge on any atom is -0.473 e. The molecule has 1 aliphatic rings. The monoisotopic (exact) mass is 302 g/mol. The molecule has 0 saturated carbocycles. The molecule has 8 heteroatoms. The zero-order valence-electron chi connectivity index (χ0n) is 12.4. The lowest BCUT2D eigenvalue weighted by atomic mass is 10.1. The van der Waals surface area contributed by atoms with Crippen molar-refractivity contribution in [3.63, 3.8) is 0 Å². The summed E-state index contributed by atoms with van der Waals surface area (Å²) in [6.45, 7) is 4.80. The Labute approximate surface area is 127 Å². The Morgan fingerprint density at radius 2 is 2.18 bits per heavy atom. The maximum Gasteiger partial charge on any atom is 0.246 e. The molecular weight excluding hydrogens is 284 g/mol. The topological polar surface area (TPSA) is 99.2 Å². The van der Waals surface area contributed by atoms with Crippen LogP contribution in [0.1, 0.15) is 12.8 Å². The molecule has 0 bridgehead atoms. The molecule has 8 nitrogen and oxygen atoms in total. The number of hydrogen-bond donors (Lipinski definition) is 1. The second kappa shape index (κ2) is 5.63. The lowest BCUT2D eigenvalue weighted by Gasteiger charge is -2.31. The molecule has 2 aromatic rings. The van der Waals surface area contributed by atoms with Crippen LogP contribution in [0.4, 0.5) is 5.82 Å². The van der Waals surface area contributed by atoms with Gasteiger partial charge >= 0.3 is 0 Å². The highest BCUT2D eigenvalue weighted by atomic mass is 16.5. The Morgan fingerprint density at radius 3 is 2.86 bits per heavy atom. The SMILES string of the molecule is C=CC(=O)N1CCC(Oc2nn(C)c3ncnc(N)c23)CC1. The van der Waals surface area contributed by atoms with E-state index in [1.165, 1.54) is 12.4 Å². The summed E-state index contributed by atoms with van der Waals surface area (Å²) in [5.41, 5.74) is 6.55. The summed E-state index contributed by atoms with van der Waals surface area (Å²) in [5, 5.41) is 4.96. The van der Waals surface area contributed by atoms with Gasteiger partial charge in [0.2, 0.25) is 11.8 Å². The number of anilines is 1. The molecule has 0 radical (unpaired) electrons. The lowest BCUT2D eigenvalue weighted by Crippen LogP contribution is -2.41. The van der Waals surface area contributed by atoms with Gasteiger partial charge in [-0.2, -0.15) is 0 Å². The molecular formula is C14H18N6O2. The van der Waals surface area contributed by atoms with E-state index >= 15 is 0 Å². The molecule has 0 aromatic carbocycles. The van der Waals surface area contributed by atoms with Crippen LogP contribution in [0.5, 0.6) is 5.88 Å². The number of nitrogens with zero attached hydrogens (tertiary/aromatic N) is 5. The highest BCUT2D eigenvalue weighted by Gasteiger charge is 2.25. The van der Waals surface area contributed by atoms with Crippen molar-refractivity contribution in [1.29, 1.82) is 0 Å². The van der Waals surface area contributed by atoms with Crippen LogP contribution >= 0.6 is 0 Å². The van der Waals surface area contributed by atoms with Crippen LogP contribution in [-0.2, 0) is 11.8 Å². The molecule has 116 valence electrons. The van der Waals surface area contributed by atoms with Gasteiger partial charge in [-0.3, -0.25) is 4.79 Å². The van der Waals surface area contributed by atoms with Crippen molar-refractivity contribution in [3.8, 4) is 5.88 Å². The third-order valence-electron chi connectivity index (χ3n) is 3.82. The van der Waals surface area contributed by atoms with Gasteiger partial charge in [0, 0.05) is 33.0 Å². The smallest absolute Gasteiger partial charge is 0.246 e. The van der Waals surface area contributed by atoms with E-state index in [4.69, 9.17) is 10.5 Å². The van der Waals surface area contributed by atoms with Gasteiger partial charge in [0.25, 0.3) is 0 Å². The average Bonchev–Trinajstić information content (AvgIpc) is 2.85. The fourth-order valence-electron chi connectivity index (χ4n) is 2.64. The number of rotatable bonds is 3. The second-order valence-corrected chi connectivity index (χ2v) is 5.23. The van der Waals surface area contributed by atoms with Crippen LogP contribution in [0.25, 0.3) is 11.0 Å². The zero-order valence-corrected chi connectivity index (χ0v) is 12.4. The fraction of sp³-hybridized carbons (Fsp3) is 0.429. The predicted molar refractivity (Wildman–Crippen MR) is 81.1 cm³/mol. The van der Waals surface area contributed by atoms with Gasteiger partial charge in [-0.1, -0.05) is 6.58 Å². The number of fused-ring (bicyclic) bond motifs is 1. The first-order chi connectivity index (χ1) is 10.6. The van der Waals surface area contributed by atoms with Gasteiger partial charge < -0.3 is 15.4 Å². The number of piperidine rings is 1. The minimum absolute atomic E-state index is 0.00780.